The van der Waals surface area contributed by atoms with Crippen LogP contribution in [0.4, 0.5) is 5.69 Å². The highest BCUT2D eigenvalue weighted by Gasteiger charge is 2.11. The molecule has 3 rings (SSSR count). The molecule has 27 heavy (non-hydrogen) atoms. The summed E-state index contributed by atoms with van der Waals surface area (Å²) >= 11 is 0. The number of nitriles is 1. The van der Waals surface area contributed by atoms with Gasteiger partial charge in [-0.2, -0.15) is 5.26 Å². The van der Waals surface area contributed by atoms with Crippen LogP contribution in [0.3, 0.4) is 0 Å². The Morgan fingerprint density at radius 3 is 2.41 bits per heavy atom. The van der Waals surface area contributed by atoms with E-state index in [4.69, 9.17) is 4.74 Å². The lowest BCUT2D eigenvalue weighted by atomic mass is 10.1. The van der Waals surface area contributed by atoms with Gasteiger partial charge in [0.2, 0.25) is 0 Å². The van der Waals surface area contributed by atoms with Crippen LogP contribution >= 0.6 is 0 Å². The van der Waals surface area contributed by atoms with E-state index in [1.807, 2.05) is 79.7 Å². The summed E-state index contributed by atoms with van der Waals surface area (Å²) in [5, 5.41) is 12.2. The van der Waals surface area contributed by atoms with Crippen LogP contribution in [0, 0.1) is 18.3 Å². The summed E-state index contributed by atoms with van der Waals surface area (Å²) in [4.78, 5) is 12.4. The Morgan fingerprint density at radius 1 is 0.963 bits per heavy atom. The molecule has 0 spiro atoms. The van der Waals surface area contributed by atoms with Crippen LogP contribution in [0.1, 0.15) is 11.1 Å². The predicted molar refractivity (Wildman–Crippen MR) is 106 cm³/mol. The van der Waals surface area contributed by atoms with Gasteiger partial charge in [-0.25, -0.2) is 0 Å². The largest absolute Gasteiger partial charge is 0.457 e. The predicted octanol–water partition coefficient (Wildman–Crippen LogP) is 5.33. The van der Waals surface area contributed by atoms with Crippen molar-refractivity contribution in [1.29, 1.82) is 5.26 Å². The molecule has 0 aliphatic rings. The van der Waals surface area contributed by atoms with E-state index in [9.17, 15) is 10.1 Å². The van der Waals surface area contributed by atoms with Crippen molar-refractivity contribution in [2.24, 2.45) is 0 Å². The molecular weight excluding hydrogens is 336 g/mol. The summed E-state index contributed by atoms with van der Waals surface area (Å²) in [7, 11) is 0. The highest BCUT2D eigenvalue weighted by atomic mass is 16.5. The zero-order valence-electron chi connectivity index (χ0n) is 14.8. The van der Waals surface area contributed by atoms with Gasteiger partial charge in [-0.15, -0.1) is 0 Å². The quantitative estimate of drug-likeness (QED) is 0.497. The lowest BCUT2D eigenvalue weighted by Gasteiger charge is -2.08. The normalized spacial score (nSPS) is 10.7. The fourth-order valence-electron chi connectivity index (χ4n) is 2.51. The molecule has 0 aromatic heterocycles. The molecule has 3 aromatic carbocycles. The van der Waals surface area contributed by atoms with Crippen molar-refractivity contribution < 1.29 is 9.53 Å². The highest BCUT2D eigenvalue weighted by molar-refractivity contribution is 6.09. The molecule has 4 heteroatoms. The average Bonchev–Trinajstić information content (AvgIpc) is 2.69. The molecule has 0 aliphatic carbocycles. The lowest BCUT2D eigenvalue weighted by Crippen LogP contribution is -2.14. The van der Waals surface area contributed by atoms with Crippen LogP contribution in [-0.2, 0) is 4.79 Å². The van der Waals surface area contributed by atoms with E-state index in [0.29, 0.717) is 17.0 Å². The summed E-state index contributed by atoms with van der Waals surface area (Å²) in [5.74, 6) is 0.907. The zero-order chi connectivity index (χ0) is 19.1. The van der Waals surface area contributed by atoms with E-state index >= 15 is 0 Å². The second-order valence-corrected chi connectivity index (χ2v) is 5.93. The number of benzene rings is 3. The van der Waals surface area contributed by atoms with Crippen molar-refractivity contribution in [2.75, 3.05) is 5.32 Å². The van der Waals surface area contributed by atoms with E-state index in [-0.39, 0.29) is 5.57 Å². The van der Waals surface area contributed by atoms with Crippen LogP contribution < -0.4 is 10.1 Å². The molecule has 0 bridgehead atoms. The van der Waals surface area contributed by atoms with Crippen molar-refractivity contribution in [3.05, 3.63) is 95.6 Å². The fourth-order valence-corrected chi connectivity index (χ4v) is 2.51. The summed E-state index contributed by atoms with van der Waals surface area (Å²) in [5.41, 5.74) is 2.35. The van der Waals surface area contributed by atoms with Crippen LogP contribution in [0.5, 0.6) is 11.5 Å². The number of aryl methyl sites for hydroxylation is 1. The van der Waals surface area contributed by atoms with Crippen molar-refractivity contribution in [2.45, 2.75) is 6.92 Å². The molecule has 0 aliphatic heterocycles. The van der Waals surface area contributed by atoms with Gasteiger partial charge in [-0.1, -0.05) is 48.5 Å². The first-order valence-electron chi connectivity index (χ1n) is 8.47. The van der Waals surface area contributed by atoms with Gasteiger partial charge in [0.15, 0.2) is 0 Å². The summed E-state index contributed by atoms with van der Waals surface area (Å²) in [6.45, 7) is 1.90. The van der Waals surface area contributed by atoms with Crippen LogP contribution in [-0.4, -0.2) is 5.91 Å². The molecule has 0 atom stereocenters. The van der Waals surface area contributed by atoms with Gasteiger partial charge in [0.25, 0.3) is 5.91 Å². The van der Waals surface area contributed by atoms with Crippen LogP contribution in [0.2, 0.25) is 0 Å². The van der Waals surface area contributed by atoms with Crippen LogP contribution in [0.25, 0.3) is 6.08 Å². The van der Waals surface area contributed by atoms with Crippen molar-refractivity contribution in [1.82, 2.24) is 0 Å². The number of ether oxygens (including phenoxy) is 1. The van der Waals surface area contributed by atoms with Gasteiger partial charge in [0.05, 0.1) is 0 Å². The number of carbonyl (C=O) groups excluding carboxylic acids is 1. The lowest BCUT2D eigenvalue weighted by molar-refractivity contribution is -0.112. The Bertz CT molecular complexity index is 1020. The SMILES string of the molecule is Cc1ccccc1NC(=O)/C(C#N)=C/c1cccc(Oc2ccccc2)c1. The molecule has 0 heterocycles. The summed E-state index contributed by atoms with van der Waals surface area (Å²) in [6.07, 6.45) is 1.55. The van der Waals surface area contributed by atoms with Crippen molar-refractivity contribution >= 4 is 17.7 Å². The molecule has 0 saturated heterocycles. The standard InChI is InChI=1S/C23H18N2O2/c1-17-8-5-6-13-22(17)25-23(26)19(16-24)14-18-9-7-12-21(15-18)27-20-10-3-2-4-11-20/h2-15H,1H3,(H,25,26)/b19-14+. The second-order valence-electron chi connectivity index (χ2n) is 5.93. The zero-order valence-corrected chi connectivity index (χ0v) is 14.8. The number of hydrogen-bond donors (Lipinski definition) is 1. The Kier molecular flexibility index (Phi) is 5.66. The Hall–Kier alpha value is -3.84. The number of nitrogens with one attached hydrogen (secondary N) is 1. The van der Waals surface area contributed by atoms with E-state index in [2.05, 4.69) is 5.32 Å². The molecular formula is C23H18N2O2. The molecule has 0 fully saturated rings. The Balaban J connectivity index is 1.79. The fraction of sp³-hybridized carbons (Fsp3) is 0.0435. The molecule has 0 saturated carbocycles. The Morgan fingerprint density at radius 2 is 1.67 bits per heavy atom. The first-order valence-corrected chi connectivity index (χ1v) is 8.47. The third-order valence-corrected chi connectivity index (χ3v) is 3.91. The Labute approximate surface area is 158 Å². The first-order chi connectivity index (χ1) is 13.2. The van der Waals surface area contributed by atoms with E-state index < -0.39 is 5.91 Å². The third-order valence-electron chi connectivity index (χ3n) is 3.91. The number of anilines is 1. The monoisotopic (exact) mass is 354 g/mol. The maximum absolute atomic E-state index is 12.4. The van der Waals surface area contributed by atoms with E-state index in [0.717, 1.165) is 11.3 Å². The number of rotatable bonds is 5. The minimum absolute atomic E-state index is 0.0233. The number of hydrogen-bond acceptors (Lipinski definition) is 3. The van der Waals surface area contributed by atoms with Gasteiger partial charge in [0.1, 0.15) is 23.1 Å². The maximum atomic E-state index is 12.4. The number of carbonyl (C=O) groups is 1. The first kappa shape index (κ1) is 18.0. The molecule has 0 radical (unpaired) electrons. The van der Waals surface area contributed by atoms with Gasteiger partial charge >= 0.3 is 0 Å². The van der Waals surface area contributed by atoms with Gasteiger partial charge < -0.3 is 10.1 Å². The van der Waals surface area contributed by atoms with Gasteiger partial charge in [0, 0.05) is 5.69 Å². The molecule has 0 unspecified atom stereocenters. The van der Waals surface area contributed by atoms with Gasteiger partial charge in [-0.05, 0) is 54.5 Å². The number of para-hydroxylation sites is 2. The third kappa shape index (κ3) is 4.83. The van der Waals surface area contributed by atoms with E-state index in [1.54, 1.807) is 18.2 Å². The maximum Gasteiger partial charge on any atom is 0.266 e. The molecule has 1 amide bonds. The second kappa shape index (κ2) is 8.50. The molecule has 3 aromatic rings. The minimum Gasteiger partial charge on any atom is -0.457 e. The molecule has 1 N–H and O–H groups in total. The topological polar surface area (TPSA) is 62.1 Å². The van der Waals surface area contributed by atoms with Crippen LogP contribution in [0.15, 0.2) is 84.4 Å². The highest BCUT2D eigenvalue weighted by Crippen LogP contribution is 2.23. The average molecular weight is 354 g/mol. The van der Waals surface area contributed by atoms with E-state index in [1.165, 1.54) is 0 Å². The summed E-state index contributed by atoms with van der Waals surface area (Å²) in [6, 6.07) is 26.1. The smallest absolute Gasteiger partial charge is 0.266 e. The van der Waals surface area contributed by atoms with Crippen molar-refractivity contribution in [3.63, 3.8) is 0 Å². The number of amides is 1. The molecule has 132 valence electrons. The van der Waals surface area contributed by atoms with Crippen molar-refractivity contribution in [3.8, 4) is 17.6 Å². The molecule has 4 nitrogen and oxygen atoms in total. The minimum atomic E-state index is -0.443. The summed E-state index contributed by atoms with van der Waals surface area (Å²) < 4.78 is 5.79. The number of nitrogens with zero attached hydrogens (tertiary/aromatic N) is 1. The van der Waals surface area contributed by atoms with Gasteiger partial charge in [-0.3, -0.25) is 4.79 Å².